The minimum absolute atomic E-state index is 0.274. The Morgan fingerprint density at radius 1 is 0.947 bits per heavy atom. The lowest BCUT2D eigenvalue weighted by atomic mass is 10.1. The highest BCUT2D eigenvalue weighted by molar-refractivity contribution is 6.06. The third kappa shape index (κ3) is 4.09. The lowest BCUT2D eigenvalue weighted by Crippen LogP contribution is -2.44. The summed E-state index contributed by atoms with van der Waals surface area (Å²) in [6.07, 6.45) is -1.88. The standard InChI is InChI=1S/C29H33N3O6/c1-16-10-11-20-17(14-16)22-26(31-19-9-7-6-8-18(19)30-22)32(20)12-13-33-24-23(21-15-34-28(2,3)36-21)35-27-25(24)37-29(4,5)38-27/h6-11,14,21,23-25,27H,12-13,15H2,1-5H3. The molecule has 5 unspecified atom stereocenters. The van der Waals surface area contributed by atoms with Crippen LogP contribution in [0.5, 0.6) is 0 Å². The van der Waals surface area contributed by atoms with Gasteiger partial charge in [0.25, 0.3) is 0 Å². The minimum Gasteiger partial charge on any atom is -0.371 e. The van der Waals surface area contributed by atoms with Crippen LogP contribution in [-0.4, -0.2) is 70.0 Å². The predicted octanol–water partition coefficient (Wildman–Crippen LogP) is 4.46. The molecule has 0 amide bonds. The minimum atomic E-state index is -0.741. The van der Waals surface area contributed by atoms with Crippen molar-refractivity contribution in [1.29, 1.82) is 0 Å². The van der Waals surface area contributed by atoms with Crippen LogP contribution in [-0.2, 0) is 35.0 Å². The number of para-hydroxylation sites is 2. The highest BCUT2D eigenvalue weighted by Crippen LogP contribution is 2.42. The molecule has 3 aliphatic heterocycles. The molecule has 2 aromatic heterocycles. The Morgan fingerprint density at radius 3 is 2.50 bits per heavy atom. The van der Waals surface area contributed by atoms with E-state index in [-0.39, 0.29) is 24.4 Å². The van der Waals surface area contributed by atoms with E-state index in [9.17, 15) is 0 Å². The van der Waals surface area contributed by atoms with Gasteiger partial charge in [-0.25, -0.2) is 9.97 Å². The van der Waals surface area contributed by atoms with Gasteiger partial charge in [0.05, 0.1) is 29.8 Å². The number of aromatic nitrogens is 3. The lowest BCUT2D eigenvalue weighted by Gasteiger charge is -2.29. The number of nitrogens with zero attached hydrogens (tertiary/aromatic N) is 3. The van der Waals surface area contributed by atoms with E-state index in [0.717, 1.165) is 33.1 Å². The molecule has 200 valence electrons. The van der Waals surface area contributed by atoms with E-state index < -0.39 is 17.9 Å². The molecule has 0 radical (unpaired) electrons. The fourth-order valence-corrected chi connectivity index (χ4v) is 5.93. The summed E-state index contributed by atoms with van der Waals surface area (Å²) in [5.41, 5.74) is 5.77. The molecule has 5 atom stereocenters. The van der Waals surface area contributed by atoms with Crippen molar-refractivity contribution in [3.05, 3.63) is 48.0 Å². The highest BCUT2D eigenvalue weighted by Gasteiger charge is 2.58. The van der Waals surface area contributed by atoms with Gasteiger partial charge in [-0.3, -0.25) is 0 Å². The number of hydrogen-bond acceptors (Lipinski definition) is 8. The summed E-state index contributed by atoms with van der Waals surface area (Å²) in [5, 5.41) is 1.09. The molecule has 9 nitrogen and oxygen atoms in total. The first-order chi connectivity index (χ1) is 18.2. The largest absolute Gasteiger partial charge is 0.371 e. The quantitative estimate of drug-likeness (QED) is 0.382. The van der Waals surface area contributed by atoms with E-state index in [4.69, 9.17) is 38.4 Å². The van der Waals surface area contributed by atoms with Crippen molar-refractivity contribution in [2.24, 2.45) is 0 Å². The number of aryl methyl sites for hydroxylation is 1. The van der Waals surface area contributed by atoms with Crippen molar-refractivity contribution < 1.29 is 28.4 Å². The van der Waals surface area contributed by atoms with Crippen molar-refractivity contribution >= 4 is 33.1 Å². The second kappa shape index (κ2) is 8.67. The fraction of sp³-hybridized carbons (Fsp3) is 0.517. The van der Waals surface area contributed by atoms with E-state index in [1.54, 1.807) is 0 Å². The second-order valence-corrected chi connectivity index (χ2v) is 11.3. The Labute approximate surface area is 220 Å². The Balaban J connectivity index is 1.19. The van der Waals surface area contributed by atoms with Gasteiger partial charge in [0.2, 0.25) is 0 Å². The molecule has 2 aromatic carbocycles. The third-order valence-electron chi connectivity index (χ3n) is 7.55. The molecular formula is C29H33N3O6. The van der Waals surface area contributed by atoms with Gasteiger partial charge in [-0.05, 0) is 58.9 Å². The molecule has 4 aromatic rings. The molecule has 5 heterocycles. The van der Waals surface area contributed by atoms with Crippen LogP contribution >= 0.6 is 0 Å². The number of benzene rings is 2. The van der Waals surface area contributed by atoms with Gasteiger partial charge in [-0.1, -0.05) is 23.8 Å². The summed E-state index contributed by atoms with van der Waals surface area (Å²) in [4.78, 5) is 9.98. The summed E-state index contributed by atoms with van der Waals surface area (Å²) >= 11 is 0. The van der Waals surface area contributed by atoms with Crippen LogP contribution in [0.15, 0.2) is 42.5 Å². The first-order valence-electron chi connectivity index (χ1n) is 13.3. The zero-order valence-corrected chi connectivity index (χ0v) is 22.3. The van der Waals surface area contributed by atoms with E-state index in [1.165, 1.54) is 5.56 Å². The average Bonchev–Trinajstić information content (AvgIpc) is 3.56. The molecule has 7 rings (SSSR count). The van der Waals surface area contributed by atoms with Gasteiger partial charge < -0.3 is 33.0 Å². The smallest absolute Gasteiger partial charge is 0.190 e. The average molecular weight is 520 g/mol. The Morgan fingerprint density at radius 2 is 1.74 bits per heavy atom. The molecule has 0 N–H and O–H groups in total. The molecule has 0 saturated carbocycles. The van der Waals surface area contributed by atoms with Crippen molar-refractivity contribution in [2.45, 2.75) is 83.4 Å². The molecule has 9 heteroatoms. The lowest BCUT2D eigenvalue weighted by molar-refractivity contribution is -0.236. The first-order valence-corrected chi connectivity index (χ1v) is 13.3. The maximum absolute atomic E-state index is 6.55. The summed E-state index contributed by atoms with van der Waals surface area (Å²) in [6.45, 7) is 11.1. The molecule has 3 fully saturated rings. The molecule has 3 saturated heterocycles. The van der Waals surface area contributed by atoms with Crippen molar-refractivity contribution in [1.82, 2.24) is 14.5 Å². The normalized spacial score (nSPS) is 30.1. The monoisotopic (exact) mass is 519 g/mol. The van der Waals surface area contributed by atoms with Gasteiger partial charge in [-0.15, -0.1) is 0 Å². The summed E-state index contributed by atoms with van der Waals surface area (Å²) in [5.74, 6) is -1.41. The van der Waals surface area contributed by atoms with Gasteiger partial charge >= 0.3 is 0 Å². The zero-order valence-electron chi connectivity index (χ0n) is 22.3. The van der Waals surface area contributed by atoms with Crippen molar-refractivity contribution in [2.75, 3.05) is 13.2 Å². The fourth-order valence-electron chi connectivity index (χ4n) is 5.93. The maximum Gasteiger partial charge on any atom is 0.190 e. The predicted molar refractivity (Wildman–Crippen MR) is 141 cm³/mol. The van der Waals surface area contributed by atoms with Gasteiger partial charge in [0, 0.05) is 11.9 Å². The third-order valence-corrected chi connectivity index (χ3v) is 7.55. The van der Waals surface area contributed by atoms with E-state index >= 15 is 0 Å². The number of ether oxygens (including phenoxy) is 6. The van der Waals surface area contributed by atoms with Crippen molar-refractivity contribution in [3.63, 3.8) is 0 Å². The Bertz CT molecular complexity index is 1530. The molecule has 0 aliphatic carbocycles. The molecule has 0 bridgehead atoms. The van der Waals surface area contributed by atoms with Crippen LogP contribution in [0, 0.1) is 6.92 Å². The topological polar surface area (TPSA) is 86.1 Å². The molecular weight excluding hydrogens is 486 g/mol. The van der Waals surface area contributed by atoms with E-state index in [2.05, 4.69) is 29.7 Å². The van der Waals surface area contributed by atoms with Crippen LogP contribution in [0.25, 0.3) is 33.1 Å². The number of rotatable bonds is 5. The number of hydrogen-bond donors (Lipinski definition) is 0. The van der Waals surface area contributed by atoms with Crippen LogP contribution in [0.3, 0.4) is 0 Å². The van der Waals surface area contributed by atoms with Crippen LogP contribution in [0.1, 0.15) is 33.3 Å². The SMILES string of the molecule is Cc1ccc2c(c1)c1nc3ccccc3nc1n2CCOC1C(C2COC(C)(C)O2)OC2OC(C)(C)OC21. The summed E-state index contributed by atoms with van der Waals surface area (Å²) in [7, 11) is 0. The summed E-state index contributed by atoms with van der Waals surface area (Å²) in [6, 6.07) is 14.4. The highest BCUT2D eigenvalue weighted by atomic mass is 16.8. The van der Waals surface area contributed by atoms with Gasteiger partial charge in [0.15, 0.2) is 23.5 Å². The first kappa shape index (κ1) is 24.4. The number of fused-ring (bicyclic) bond motifs is 5. The van der Waals surface area contributed by atoms with E-state index in [0.29, 0.717) is 19.8 Å². The zero-order chi connectivity index (χ0) is 26.2. The maximum atomic E-state index is 6.55. The van der Waals surface area contributed by atoms with E-state index in [1.807, 2.05) is 52.0 Å². The van der Waals surface area contributed by atoms with Crippen LogP contribution < -0.4 is 0 Å². The van der Waals surface area contributed by atoms with Crippen LogP contribution in [0.2, 0.25) is 0 Å². The second-order valence-electron chi connectivity index (χ2n) is 11.3. The Hall–Kier alpha value is -2.66. The van der Waals surface area contributed by atoms with Crippen LogP contribution in [0.4, 0.5) is 0 Å². The van der Waals surface area contributed by atoms with Gasteiger partial charge in [0.1, 0.15) is 29.9 Å². The Kier molecular flexibility index (Phi) is 5.57. The molecule has 0 spiro atoms. The molecule has 3 aliphatic rings. The van der Waals surface area contributed by atoms with Crippen molar-refractivity contribution in [3.8, 4) is 0 Å². The van der Waals surface area contributed by atoms with Gasteiger partial charge in [-0.2, -0.15) is 0 Å². The molecule has 38 heavy (non-hydrogen) atoms. The summed E-state index contributed by atoms with van der Waals surface area (Å²) < 4.78 is 39.2.